The first-order valence-corrected chi connectivity index (χ1v) is 14.1. The summed E-state index contributed by atoms with van der Waals surface area (Å²) in [6.45, 7) is 0. The summed E-state index contributed by atoms with van der Waals surface area (Å²) in [7, 11) is 0. The van der Waals surface area contributed by atoms with Crippen LogP contribution in [-0.2, 0) is 0 Å². The van der Waals surface area contributed by atoms with Crippen LogP contribution < -0.4 is 0 Å². The molecule has 0 bridgehead atoms. The Bertz CT molecular complexity index is 2150. The Morgan fingerprint density at radius 2 is 1.24 bits per heavy atom. The Morgan fingerprint density at radius 1 is 0.537 bits per heavy atom. The molecule has 2 aromatic heterocycles. The Balaban J connectivity index is 1.29. The molecule has 2 heterocycles. The summed E-state index contributed by atoms with van der Waals surface area (Å²) < 4.78 is 2.23. The normalized spacial score (nSPS) is 13.5. The van der Waals surface area contributed by atoms with Crippen LogP contribution in [0.2, 0.25) is 0 Å². The number of fused-ring (bicyclic) bond motifs is 5. The predicted octanol–water partition coefficient (Wildman–Crippen LogP) is 9.65. The number of para-hydroxylation sites is 1. The third-order valence-corrected chi connectivity index (χ3v) is 8.25. The van der Waals surface area contributed by atoms with E-state index in [0.29, 0.717) is 5.95 Å². The number of hydrogen-bond donors (Lipinski definition) is 0. The molecular formula is C38H27N3. The lowest BCUT2D eigenvalue weighted by atomic mass is 9.87. The van der Waals surface area contributed by atoms with Crippen molar-refractivity contribution in [2.24, 2.45) is 0 Å². The van der Waals surface area contributed by atoms with E-state index in [1.165, 1.54) is 43.8 Å². The zero-order chi connectivity index (χ0) is 27.2. The van der Waals surface area contributed by atoms with Crippen molar-refractivity contribution < 1.29 is 0 Å². The van der Waals surface area contributed by atoms with Gasteiger partial charge in [0.05, 0.1) is 16.7 Å². The molecule has 41 heavy (non-hydrogen) atoms. The maximum Gasteiger partial charge on any atom is 0.235 e. The van der Waals surface area contributed by atoms with Crippen molar-refractivity contribution in [2.45, 2.75) is 12.8 Å². The highest BCUT2D eigenvalue weighted by molar-refractivity contribution is 6.18. The molecule has 0 unspecified atom stereocenters. The van der Waals surface area contributed by atoms with Crippen LogP contribution in [0.25, 0.3) is 60.9 Å². The Kier molecular flexibility index (Phi) is 5.60. The Hall–Kier alpha value is -5.28. The third-order valence-electron chi connectivity index (χ3n) is 8.25. The number of rotatable bonds is 4. The summed E-state index contributed by atoms with van der Waals surface area (Å²) in [4.78, 5) is 10.0. The molecule has 0 amide bonds. The molecule has 7 aromatic rings. The summed E-state index contributed by atoms with van der Waals surface area (Å²) in [5.41, 5.74) is 9.56. The molecule has 0 spiro atoms. The lowest BCUT2D eigenvalue weighted by molar-refractivity contribution is 0.993. The number of nitrogens with zero attached hydrogens (tertiary/aromatic N) is 3. The number of benzene rings is 5. The van der Waals surface area contributed by atoms with Crippen LogP contribution in [-0.4, -0.2) is 14.5 Å². The number of allylic oxidation sites excluding steroid dienone is 4. The van der Waals surface area contributed by atoms with Gasteiger partial charge in [-0.25, -0.2) is 9.97 Å². The van der Waals surface area contributed by atoms with Gasteiger partial charge >= 0.3 is 0 Å². The van der Waals surface area contributed by atoms with Crippen LogP contribution in [0.4, 0.5) is 0 Å². The third kappa shape index (κ3) is 3.97. The van der Waals surface area contributed by atoms with E-state index < -0.39 is 0 Å². The van der Waals surface area contributed by atoms with Gasteiger partial charge < -0.3 is 0 Å². The fourth-order valence-corrected chi connectivity index (χ4v) is 6.29. The van der Waals surface area contributed by atoms with Crippen molar-refractivity contribution in [3.8, 4) is 17.2 Å². The monoisotopic (exact) mass is 525 g/mol. The largest absolute Gasteiger partial charge is 0.277 e. The van der Waals surface area contributed by atoms with Crippen molar-refractivity contribution in [1.82, 2.24) is 14.5 Å². The smallest absolute Gasteiger partial charge is 0.235 e. The topological polar surface area (TPSA) is 30.7 Å². The van der Waals surface area contributed by atoms with Crippen LogP contribution >= 0.6 is 0 Å². The fraction of sp³-hybridized carbons (Fsp3) is 0.0526. The average molecular weight is 526 g/mol. The molecule has 0 atom stereocenters. The van der Waals surface area contributed by atoms with Gasteiger partial charge in [-0.3, -0.25) is 4.57 Å². The van der Waals surface area contributed by atoms with Crippen LogP contribution in [0.15, 0.2) is 140 Å². The minimum absolute atomic E-state index is 0.684. The average Bonchev–Trinajstić information content (AvgIpc) is 3.40. The summed E-state index contributed by atoms with van der Waals surface area (Å²) in [6, 6.07) is 42.9. The highest BCUT2D eigenvalue weighted by Gasteiger charge is 2.18. The van der Waals surface area contributed by atoms with Crippen LogP contribution in [0.1, 0.15) is 24.0 Å². The molecule has 194 valence electrons. The van der Waals surface area contributed by atoms with Crippen molar-refractivity contribution in [3.05, 3.63) is 151 Å². The maximum atomic E-state index is 5.22. The first kappa shape index (κ1) is 23.6. The van der Waals surface area contributed by atoms with E-state index in [9.17, 15) is 0 Å². The predicted molar refractivity (Wildman–Crippen MR) is 171 cm³/mol. The summed E-state index contributed by atoms with van der Waals surface area (Å²) in [5, 5.41) is 4.82. The standard InChI is InChI=1S/C38H27N3/c1-2-10-26(11-3-1)27-18-20-29(21-19-27)30-13-6-7-15-32(30)35-24-25-39-38(40-35)41-36-17-9-8-16-33(36)34-23-22-28-12-4-5-14-31(28)37(34)41/h1-18,20,22-25H,19,21H2. The molecule has 3 heteroatoms. The second-order valence-electron chi connectivity index (χ2n) is 10.6. The zero-order valence-electron chi connectivity index (χ0n) is 22.5. The highest BCUT2D eigenvalue weighted by Crippen LogP contribution is 2.38. The molecule has 0 aliphatic heterocycles. The molecule has 5 aromatic carbocycles. The molecule has 1 aliphatic carbocycles. The molecule has 0 fully saturated rings. The minimum atomic E-state index is 0.684. The van der Waals surface area contributed by atoms with E-state index in [1.807, 2.05) is 12.3 Å². The number of hydrogen-bond acceptors (Lipinski definition) is 2. The molecule has 1 aliphatic rings. The summed E-state index contributed by atoms with van der Waals surface area (Å²) in [6.07, 6.45) is 8.47. The highest BCUT2D eigenvalue weighted by atomic mass is 15.2. The van der Waals surface area contributed by atoms with Gasteiger partial charge in [0.25, 0.3) is 0 Å². The Morgan fingerprint density at radius 3 is 2.10 bits per heavy atom. The first-order valence-electron chi connectivity index (χ1n) is 14.1. The zero-order valence-corrected chi connectivity index (χ0v) is 22.5. The lowest BCUT2D eigenvalue weighted by Gasteiger charge is -2.18. The van der Waals surface area contributed by atoms with Crippen LogP contribution in [0, 0.1) is 0 Å². The molecule has 0 saturated carbocycles. The van der Waals surface area contributed by atoms with Gasteiger partial charge in [-0.05, 0) is 52.6 Å². The van der Waals surface area contributed by atoms with Crippen molar-refractivity contribution in [2.75, 3.05) is 0 Å². The fourth-order valence-electron chi connectivity index (χ4n) is 6.29. The van der Waals surface area contributed by atoms with E-state index in [-0.39, 0.29) is 0 Å². The van der Waals surface area contributed by atoms with Crippen molar-refractivity contribution in [3.63, 3.8) is 0 Å². The molecule has 3 nitrogen and oxygen atoms in total. The molecule has 8 rings (SSSR count). The molecular weight excluding hydrogens is 498 g/mol. The van der Waals surface area contributed by atoms with Crippen LogP contribution in [0.5, 0.6) is 0 Å². The van der Waals surface area contributed by atoms with Gasteiger partial charge in [0.15, 0.2) is 0 Å². The first-order chi connectivity index (χ1) is 20.3. The van der Waals surface area contributed by atoms with Gasteiger partial charge in [0.2, 0.25) is 5.95 Å². The number of aromatic nitrogens is 3. The second-order valence-corrected chi connectivity index (χ2v) is 10.6. The van der Waals surface area contributed by atoms with Crippen molar-refractivity contribution in [1.29, 1.82) is 0 Å². The van der Waals surface area contributed by atoms with E-state index in [2.05, 4.69) is 132 Å². The van der Waals surface area contributed by atoms with Gasteiger partial charge in [-0.2, -0.15) is 0 Å². The Labute approximate surface area is 238 Å². The lowest BCUT2D eigenvalue weighted by Crippen LogP contribution is -2.03. The quantitative estimate of drug-likeness (QED) is 0.229. The van der Waals surface area contributed by atoms with Gasteiger partial charge in [0.1, 0.15) is 0 Å². The molecule has 0 radical (unpaired) electrons. The van der Waals surface area contributed by atoms with E-state index in [4.69, 9.17) is 9.97 Å². The summed E-state index contributed by atoms with van der Waals surface area (Å²) in [5.74, 6) is 0.684. The van der Waals surface area contributed by atoms with Gasteiger partial charge in [-0.15, -0.1) is 0 Å². The van der Waals surface area contributed by atoms with Gasteiger partial charge in [-0.1, -0.05) is 121 Å². The van der Waals surface area contributed by atoms with Gasteiger partial charge in [0, 0.05) is 27.9 Å². The second kappa shape index (κ2) is 9.72. The van der Waals surface area contributed by atoms with Crippen molar-refractivity contribution >= 4 is 43.7 Å². The van der Waals surface area contributed by atoms with E-state index in [0.717, 1.165) is 35.1 Å². The maximum absolute atomic E-state index is 5.22. The molecule has 0 N–H and O–H groups in total. The molecule has 0 saturated heterocycles. The minimum Gasteiger partial charge on any atom is -0.277 e. The summed E-state index contributed by atoms with van der Waals surface area (Å²) >= 11 is 0. The van der Waals surface area contributed by atoms with E-state index >= 15 is 0 Å². The van der Waals surface area contributed by atoms with Crippen LogP contribution in [0.3, 0.4) is 0 Å². The SMILES string of the molecule is C1=C(c2ccccc2)CCC(c2ccccc2-c2ccnc(-n3c4ccccc4c4ccc5ccccc5c43)n2)=C1. The van der Waals surface area contributed by atoms with E-state index in [1.54, 1.807) is 0 Å².